The van der Waals surface area contributed by atoms with Gasteiger partial charge in [0.1, 0.15) is 11.5 Å². The number of carboxylic acids is 1. The molecule has 0 atom stereocenters. The first-order valence-corrected chi connectivity index (χ1v) is 9.57. The van der Waals surface area contributed by atoms with E-state index in [1.165, 1.54) is 17.7 Å². The van der Waals surface area contributed by atoms with Gasteiger partial charge in [-0.15, -0.1) is 0 Å². The number of nitriles is 1. The molecule has 0 radical (unpaired) electrons. The van der Waals surface area contributed by atoms with Crippen molar-refractivity contribution in [2.24, 2.45) is 7.05 Å². The quantitative estimate of drug-likeness (QED) is 0.469. The number of hydrogen-bond donors (Lipinski definition) is 2. The fourth-order valence-corrected chi connectivity index (χ4v) is 3.36. The summed E-state index contributed by atoms with van der Waals surface area (Å²) in [5.74, 6) is -0.642. The number of nitrogens with zero attached hydrogens (tertiary/aromatic N) is 4. The molecule has 0 bridgehead atoms. The Morgan fingerprint density at radius 2 is 1.97 bits per heavy atom. The lowest BCUT2D eigenvalue weighted by Crippen LogP contribution is -2.38. The van der Waals surface area contributed by atoms with Gasteiger partial charge in [-0.3, -0.25) is 13.9 Å². The van der Waals surface area contributed by atoms with Crippen LogP contribution in [0.5, 0.6) is 0 Å². The van der Waals surface area contributed by atoms with Gasteiger partial charge in [0, 0.05) is 18.7 Å². The standard InChI is InChI=1S/C23H17N5O4/c1-27-22(31)19-21(28(23(27)32)13-16-4-2-3-15(11-16)12-24)26-20(25-19)17-8-5-14(6-9-17)7-10-18(29)30/h2-11H,13H2,1H3,(H,25,26)(H,29,30). The van der Waals surface area contributed by atoms with E-state index in [-0.39, 0.29) is 17.7 Å². The van der Waals surface area contributed by atoms with Gasteiger partial charge in [0.25, 0.3) is 5.56 Å². The average Bonchev–Trinajstić information content (AvgIpc) is 3.25. The number of fused-ring (bicyclic) bond motifs is 1. The molecule has 0 aliphatic carbocycles. The van der Waals surface area contributed by atoms with Crippen molar-refractivity contribution in [3.63, 3.8) is 0 Å². The van der Waals surface area contributed by atoms with Gasteiger partial charge in [0.05, 0.1) is 18.2 Å². The molecule has 0 saturated carbocycles. The highest BCUT2D eigenvalue weighted by Gasteiger charge is 2.17. The molecule has 32 heavy (non-hydrogen) atoms. The Balaban J connectivity index is 1.81. The Hall–Kier alpha value is -4.71. The normalized spacial score (nSPS) is 11.1. The highest BCUT2D eigenvalue weighted by Crippen LogP contribution is 2.20. The molecule has 0 aliphatic heterocycles. The first-order valence-electron chi connectivity index (χ1n) is 9.57. The van der Waals surface area contributed by atoms with E-state index in [0.29, 0.717) is 22.5 Å². The van der Waals surface area contributed by atoms with Gasteiger partial charge < -0.3 is 10.1 Å². The maximum atomic E-state index is 12.8. The summed E-state index contributed by atoms with van der Waals surface area (Å²) in [5.41, 5.74) is 1.94. The molecule has 0 spiro atoms. The van der Waals surface area contributed by atoms with E-state index in [1.807, 2.05) is 0 Å². The van der Waals surface area contributed by atoms with Crippen LogP contribution in [0.4, 0.5) is 0 Å². The third kappa shape index (κ3) is 3.85. The van der Waals surface area contributed by atoms with Crippen LogP contribution in [0.3, 0.4) is 0 Å². The number of hydrogen-bond acceptors (Lipinski definition) is 5. The van der Waals surface area contributed by atoms with E-state index in [9.17, 15) is 14.4 Å². The number of aliphatic carboxylic acids is 1. The molecule has 0 unspecified atom stereocenters. The summed E-state index contributed by atoms with van der Waals surface area (Å²) in [6.07, 6.45) is 2.51. The van der Waals surface area contributed by atoms with E-state index >= 15 is 0 Å². The van der Waals surface area contributed by atoms with Crippen molar-refractivity contribution in [1.82, 2.24) is 19.1 Å². The third-order valence-corrected chi connectivity index (χ3v) is 4.98. The van der Waals surface area contributed by atoms with Crippen molar-refractivity contribution in [3.05, 3.63) is 92.1 Å². The minimum atomic E-state index is -1.04. The van der Waals surface area contributed by atoms with E-state index in [1.54, 1.807) is 48.5 Å². The number of aromatic nitrogens is 4. The second kappa shape index (κ2) is 8.20. The van der Waals surface area contributed by atoms with Crippen LogP contribution in [-0.4, -0.2) is 30.2 Å². The Kier molecular flexibility index (Phi) is 5.27. The Bertz CT molecular complexity index is 1530. The molecule has 0 fully saturated rings. The second-order valence-electron chi connectivity index (χ2n) is 7.12. The van der Waals surface area contributed by atoms with Crippen molar-refractivity contribution in [2.75, 3.05) is 0 Å². The minimum Gasteiger partial charge on any atom is -0.478 e. The molecular weight excluding hydrogens is 410 g/mol. The van der Waals surface area contributed by atoms with Crippen LogP contribution in [0.1, 0.15) is 16.7 Å². The summed E-state index contributed by atoms with van der Waals surface area (Å²) in [6.45, 7) is 0.152. The topological polar surface area (TPSA) is 134 Å². The van der Waals surface area contributed by atoms with E-state index in [4.69, 9.17) is 10.4 Å². The molecule has 4 aromatic rings. The Morgan fingerprint density at radius 3 is 2.66 bits per heavy atom. The molecule has 0 amide bonds. The fourth-order valence-electron chi connectivity index (χ4n) is 3.36. The molecule has 2 N–H and O–H groups in total. The monoisotopic (exact) mass is 427 g/mol. The lowest BCUT2D eigenvalue weighted by Gasteiger charge is -2.09. The van der Waals surface area contributed by atoms with Gasteiger partial charge in [-0.05, 0) is 29.3 Å². The lowest BCUT2D eigenvalue weighted by molar-refractivity contribution is -0.131. The summed E-state index contributed by atoms with van der Waals surface area (Å²) >= 11 is 0. The average molecular weight is 427 g/mol. The summed E-state index contributed by atoms with van der Waals surface area (Å²) in [6, 6.07) is 15.9. The van der Waals surface area contributed by atoms with Gasteiger partial charge in [-0.1, -0.05) is 36.4 Å². The first kappa shape index (κ1) is 20.6. The first-order chi connectivity index (χ1) is 15.4. The minimum absolute atomic E-state index is 0.119. The van der Waals surface area contributed by atoms with Crippen molar-refractivity contribution in [1.29, 1.82) is 5.26 Å². The summed E-state index contributed by atoms with van der Waals surface area (Å²) in [4.78, 5) is 43.6. The van der Waals surface area contributed by atoms with Crippen LogP contribution in [0, 0.1) is 11.3 Å². The van der Waals surface area contributed by atoms with Gasteiger partial charge in [0.15, 0.2) is 5.52 Å². The third-order valence-electron chi connectivity index (χ3n) is 4.98. The number of aromatic amines is 1. The van der Waals surface area contributed by atoms with Crippen LogP contribution in [0.15, 0.2) is 64.2 Å². The highest BCUT2D eigenvalue weighted by molar-refractivity contribution is 5.85. The van der Waals surface area contributed by atoms with Crippen LogP contribution in [0.25, 0.3) is 28.6 Å². The zero-order chi connectivity index (χ0) is 22.8. The molecule has 0 saturated heterocycles. The molecule has 0 aliphatic rings. The zero-order valence-electron chi connectivity index (χ0n) is 16.9. The maximum Gasteiger partial charge on any atom is 0.332 e. The zero-order valence-corrected chi connectivity index (χ0v) is 16.9. The molecular formula is C23H17N5O4. The van der Waals surface area contributed by atoms with Crippen LogP contribution >= 0.6 is 0 Å². The number of nitrogens with one attached hydrogen (secondary N) is 1. The largest absolute Gasteiger partial charge is 0.478 e. The molecule has 2 heterocycles. The second-order valence-corrected chi connectivity index (χ2v) is 7.12. The van der Waals surface area contributed by atoms with Crippen LogP contribution < -0.4 is 11.2 Å². The molecule has 4 rings (SSSR count). The Morgan fingerprint density at radius 1 is 1.22 bits per heavy atom. The van der Waals surface area contributed by atoms with Gasteiger partial charge in [-0.2, -0.15) is 5.26 Å². The van der Waals surface area contributed by atoms with E-state index in [0.717, 1.165) is 16.2 Å². The number of carbonyl (C=O) groups is 1. The van der Waals surface area contributed by atoms with Gasteiger partial charge >= 0.3 is 11.7 Å². The van der Waals surface area contributed by atoms with E-state index < -0.39 is 17.2 Å². The fraction of sp³-hybridized carbons (Fsp3) is 0.0870. The van der Waals surface area contributed by atoms with Crippen LogP contribution in [0.2, 0.25) is 0 Å². The van der Waals surface area contributed by atoms with Gasteiger partial charge in [0.2, 0.25) is 0 Å². The van der Waals surface area contributed by atoms with Crippen molar-refractivity contribution in [2.45, 2.75) is 6.54 Å². The van der Waals surface area contributed by atoms with E-state index in [2.05, 4.69) is 16.0 Å². The summed E-state index contributed by atoms with van der Waals surface area (Å²) < 4.78 is 2.41. The highest BCUT2D eigenvalue weighted by atomic mass is 16.4. The lowest BCUT2D eigenvalue weighted by atomic mass is 10.1. The molecule has 158 valence electrons. The number of rotatable bonds is 5. The predicted octanol–water partition coefficient (Wildman–Crippen LogP) is 2.11. The predicted molar refractivity (Wildman–Crippen MR) is 118 cm³/mol. The van der Waals surface area contributed by atoms with Crippen molar-refractivity contribution in [3.8, 4) is 17.5 Å². The van der Waals surface area contributed by atoms with Crippen LogP contribution in [-0.2, 0) is 18.4 Å². The smallest absolute Gasteiger partial charge is 0.332 e. The van der Waals surface area contributed by atoms with Gasteiger partial charge in [-0.25, -0.2) is 14.6 Å². The number of carboxylic acid groups (broad SMARTS) is 1. The summed E-state index contributed by atoms with van der Waals surface area (Å²) in [7, 11) is 1.39. The number of benzene rings is 2. The summed E-state index contributed by atoms with van der Waals surface area (Å²) in [5, 5.41) is 17.9. The molecule has 9 nitrogen and oxygen atoms in total. The number of H-pyrrole nitrogens is 1. The molecule has 9 heteroatoms. The Labute approximate surface area is 181 Å². The maximum absolute atomic E-state index is 12.8. The molecule has 2 aromatic heterocycles. The SMILES string of the molecule is Cn1c(=O)c2nc(-c3ccc(C=CC(=O)O)cc3)[nH]c2n(Cc2cccc(C#N)c2)c1=O. The number of imidazole rings is 1. The van der Waals surface area contributed by atoms with Crippen molar-refractivity contribution < 1.29 is 9.90 Å². The van der Waals surface area contributed by atoms with Crippen molar-refractivity contribution >= 4 is 23.2 Å². The molecule has 2 aromatic carbocycles.